The Morgan fingerprint density at radius 1 is 1.01 bits per heavy atom. The molecule has 0 fully saturated rings. The Morgan fingerprint density at radius 3 is 2.41 bits per heavy atom. The lowest BCUT2D eigenvalue weighted by atomic mass is 9.82. The number of aliphatic imine (C=N–C) groups is 1. The van der Waals surface area contributed by atoms with Crippen molar-refractivity contribution in [3.8, 4) is 17.3 Å². The molecule has 0 aliphatic carbocycles. The Morgan fingerprint density at radius 2 is 1.73 bits per heavy atom. The number of halogens is 2. The van der Waals surface area contributed by atoms with E-state index in [2.05, 4.69) is 33.2 Å². The summed E-state index contributed by atoms with van der Waals surface area (Å²) in [5, 5.41) is 30.8. The molecule has 396 valence electrons. The number of anilines is 1. The highest BCUT2D eigenvalue weighted by Crippen LogP contribution is 2.41. The largest absolute Gasteiger partial charge is 0.460 e. The molecule has 2 unspecified atom stereocenters. The third-order valence-corrected chi connectivity index (χ3v) is 12.2. The molecule has 0 aliphatic rings. The zero-order valence-electron chi connectivity index (χ0n) is 42.3. The van der Waals surface area contributed by atoms with E-state index in [1.807, 2.05) is 0 Å². The predicted octanol–water partition coefficient (Wildman–Crippen LogP) is 6.10. The van der Waals surface area contributed by atoms with Gasteiger partial charge in [0.15, 0.2) is 0 Å². The number of likely N-dealkylation sites (N-methyl/N-ethyl adjacent to an activating group) is 2. The highest BCUT2D eigenvalue weighted by atomic mass is 32.1. The van der Waals surface area contributed by atoms with Crippen LogP contribution >= 0.6 is 11.3 Å². The van der Waals surface area contributed by atoms with E-state index in [1.54, 1.807) is 68.7 Å². The molecule has 0 saturated heterocycles. The lowest BCUT2D eigenvalue weighted by Crippen LogP contribution is -2.42. The van der Waals surface area contributed by atoms with Crippen molar-refractivity contribution in [2.24, 2.45) is 4.99 Å². The molecule has 0 spiro atoms. The summed E-state index contributed by atoms with van der Waals surface area (Å²) in [7, 11) is 5.53. The van der Waals surface area contributed by atoms with Gasteiger partial charge in [-0.05, 0) is 57.1 Å². The number of carbonyl (C=O) groups excluding carboxylic acids is 5. The van der Waals surface area contributed by atoms with Gasteiger partial charge in [-0.25, -0.2) is 38.1 Å². The lowest BCUT2D eigenvalue weighted by molar-refractivity contribution is -0.753. The second kappa shape index (κ2) is 26.5. The number of benzene rings is 2. The van der Waals surface area contributed by atoms with Crippen molar-refractivity contribution in [3.05, 3.63) is 136 Å². The smallest absolute Gasteiger partial charge is 0.418 e. The fourth-order valence-corrected chi connectivity index (χ4v) is 8.06. The van der Waals surface area contributed by atoms with Crippen molar-refractivity contribution in [2.45, 2.75) is 64.9 Å². The van der Waals surface area contributed by atoms with Crippen LogP contribution in [-0.2, 0) is 52.0 Å². The van der Waals surface area contributed by atoms with E-state index < -0.39 is 85.6 Å². The monoisotopic (exact) mass is 1060 g/mol. The van der Waals surface area contributed by atoms with E-state index in [0.717, 1.165) is 32.9 Å². The Labute approximate surface area is 434 Å². The number of aromatic nitrogens is 5. The Hall–Kier alpha value is -8.47. The molecule has 0 aliphatic heterocycles. The molecular formula is C50H56F2N11O11S+. The second-order valence-corrected chi connectivity index (χ2v) is 17.4. The molecule has 4 atom stereocenters. The summed E-state index contributed by atoms with van der Waals surface area (Å²) in [4.78, 5) is 80.0. The van der Waals surface area contributed by atoms with Gasteiger partial charge in [0.05, 0.1) is 28.9 Å². The Balaban J connectivity index is 1.19. The second-order valence-electron chi connectivity index (χ2n) is 16.6. The molecule has 22 nitrogen and oxygen atoms in total. The molecule has 0 saturated carbocycles. The maximum absolute atomic E-state index is 15.5. The molecule has 2 N–H and O–H groups in total. The quantitative estimate of drug-likeness (QED) is 0.0198. The van der Waals surface area contributed by atoms with Crippen LogP contribution in [0, 0.1) is 23.0 Å². The van der Waals surface area contributed by atoms with Crippen LogP contribution in [0.3, 0.4) is 0 Å². The molecule has 5 rings (SSSR count). The summed E-state index contributed by atoms with van der Waals surface area (Å²) in [5.74, 6) is -3.90. The molecule has 0 radical (unpaired) electrons. The minimum Gasteiger partial charge on any atom is -0.460 e. The van der Waals surface area contributed by atoms with Gasteiger partial charge in [-0.2, -0.15) is 9.83 Å². The lowest BCUT2D eigenvalue weighted by Gasteiger charge is -2.32. The van der Waals surface area contributed by atoms with Crippen LogP contribution in [0.15, 0.2) is 107 Å². The first-order valence-corrected chi connectivity index (χ1v) is 23.7. The van der Waals surface area contributed by atoms with Crippen molar-refractivity contribution in [2.75, 3.05) is 52.8 Å². The number of amides is 3. The molecule has 3 aromatic heterocycles. The summed E-state index contributed by atoms with van der Waals surface area (Å²) in [6.07, 6.45) is 1.84. The minimum absolute atomic E-state index is 0.0211. The van der Waals surface area contributed by atoms with Gasteiger partial charge in [-0.1, -0.05) is 37.3 Å². The van der Waals surface area contributed by atoms with E-state index in [4.69, 9.17) is 28.7 Å². The fourth-order valence-electron chi connectivity index (χ4n) is 7.09. The minimum atomic E-state index is -2.12. The van der Waals surface area contributed by atoms with Gasteiger partial charge in [0, 0.05) is 79.8 Å². The highest BCUT2D eigenvalue weighted by Gasteiger charge is 2.44. The summed E-state index contributed by atoms with van der Waals surface area (Å²) >= 11 is 1.21. The Bertz CT molecular complexity index is 2960. The van der Waals surface area contributed by atoms with E-state index in [1.165, 1.54) is 80.5 Å². The van der Waals surface area contributed by atoms with Crippen LogP contribution < -0.4 is 14.8 Å². The summed E-state index contributed by atoms with van der Waals surface area (Å²) in [6.45, 7) is 8.03. The van der Waals surface area contributed by atoms with Gasteiger partial charge in [-0.3, -0.25) is 19.4 Å². The van der Waals surface area contributed by atoms with Crippen LogP contribution in [0.25, 0.3) is 11.3 Å². The van der Waals surface area contributed by atoms with Gasteiger partial charge in [0.25, 0.3) is 6.33 Å². The molecule has 0 bridgehead atoms. The first kappa shape index (κ1) is 57.4. The summed E-state index contributed by atoms with van der Waals surface area (Å²) in [5.41, 5.74) is -0.118. The summed E-state index contributed by atoms with van der Waals surface area (Å²) < 4.78 is 59.7. The number of pyridine rings is 1. The van der Waals surface area contributed by atoms with Crippen molar-refractivity contribution >= 4 is 54.1 Å². The van der Waals surface area contributed by atoms with Crippen LogP contribution in [-0.4, -0.2) is 126 Å². The van der Waals surface area contributed by atoms with Crippen LogP contribution in [0.4, 0.5) is 29.0 Å². The van der Waals surface area contributed by atoms with Gasteiger partial charge in [0.2, 0.25) is 18.8 Å². The fraction of sp³-hybridized carbons (Fsp3) is 0.340. The number of allylic oxidation sites excluding steroid dienone is 1. The average molecular weight is 1060 g/mol. The van der Waals surface area contributed by atoms with Gasteiger partial charge < -0.3 is 39.0 Å². The van der Waals surface area contributed by atoms with Crippen LogP contribution in [0.2, 0.25) is 0 Å². The van der Waals surface area contributed by atoms with E-state index >= 15 is 4.39 Å². The number of hydrogen-bond donors (Lipinski definition) is 2. The molecule has 25 heteroatoms. The molecule has 75 heavy (non-hydrogen) atoms. The van der Waals surface area contributed by atoms with Crippen LogP contribution in [0.5, 0.6) is 0 Å². The van der Waals surface area contributed by atoms with E-state index in [0.29, 0.717) is 27.4 Å². The number of ether oxygens (including phenoxy) is 5. The number of nitriles is 1. The maximum Gasteiger partial charge on any atom is 0.418 e. The van der Waals surface area contributed by atoms with Gasteiger partial charge in [-0.15, -0.1) is 16.0 Å². The number of thiazole rings is 1. The summed E-state index contributed by atoms with van der Waals surface area (Å²) in [6, 6.07) is 14.8. The van der Waals surface area contributed by atoms with Crippen molar-refractivity contribution < 1.29 is 66.1 Å². The number of rotatable bonds is 22. The average Bonchev–Trinajstić information content (AvgIpc) is 4.08. The third kappa shape index (κ3) is 15.1. The van der Waals surface area contributed by atoms with Gasteiger partial charge in [0.1, 0.15) is 55.2 Å². The van der Waals surface area contributed by atoms with Crippen LogP contribution in [0.1, 0.15) is 61.5 Å². The van der Waals surface area contributed by atoms with Crippen molar-refractivity contribution in [1.29, 1.82) is 5.26 Å². The zero-order valence-corrected chi connectivity index (χ0v) is 43.1. The SMILES string of the molecule is C=N/C(=C(\C=C/C)COC(=O)CN(C)C(=O)OC(C)OC(=O)N(C)c1ncccc1COC(=O)CNC)N(C)C(=O)OC(C)[n+]1cnn(C[C@@](O)(c2cc(F)ccc2F)[C@@H](C)c2nc(-c3ccc(C#N)cc3)cs2)c1. The maximum atomic E-state index is 15.5. The van der Waals surface area contributed by atoms with E-state index in [-0.39, 0.29) is 35.9 Å². The number of aliphatic hydroxyl groups is 1. The first-order chi connectivity index (χ1) is 35.7. The van der Waals surface area contributed by atoms with E-state index in [9.17, 15) is 38.7 Å². The Kier molecular flexibility index (Phi) is 20.3. The van der Waals surface area contributed by atoms with Crippen molar-refractivity contribution in [3.63, 3.8) is 0 Å². The predicted molar refractivity (Wildman–Crippen MR) is 266 cm³/mol. The highest BCUT2D eigenvalue weighted by molar-refractivity contribution is 7.10. The molecule has 3 amide bonds. The first-order valence-electron chi connectivity index (χ1n) is 22.8. The van der Waals surface area contributed by atoms with Crippen molar-refractivity contribution in [1.82, 2.24) is 34.9 Å². The zero-order chi connectivity index (χ0) is 55.0. The number of carbonyl (C=O) groups is 5. The molecule has 5 aromatic rings. The normalized spacial score (nSPS) is 13.5. The number of nitrogens with one attached hydrogen (secondary N) is 1. The standard InChI is InChI=1S/C50H56F2N11O11S/c1-10-12-36(25-71-43(65)24-59(7)47(66)73-33(4)74-49(68)61(9)45-37(13-11-20-56-45)26-70-42(64)23-54-5)44(55-6)60(8)48(67)72-32(3)62-29-57-63(30-62)28-50(69,39-21-38(51)18-19-40(39)52)31(2)46-58-41(27-75-46)35-16-14-34(22-53)15-17-35/h10-21,27,29-33,54,69H,6,23-26,28H2,1-5,7-9H3/q+1/b12-10-,44-36-/t31-,32?,33?,50-/m0/s1. The topological polar surface area (TPSA) is 257 Å². The number of hydrogen-bond acceptors (Lipinski definition) is 18. The molecule has 3 heterocycles. The molecular weight excluding hydrogens is 1000 g/mol. The third-order valence-electron chi connectivity index (χ3n) is 11.2. The molecule has 2 aromatic carbocycles. The number of esters is 2. The van der Waals surface area contributed by atoms with Gasteiger partial charge >= 0.3 is 30.2 Å². The number of nitrogens with zero attached hydrogens (tertiary/aromatic N) is 10.